The lowest BCUT2D eigenvalue weighted by Crippen LogP contribution is -2.39. The number of rotatable bonds is 10. The van der Waals surface area contributed by atoms with Gasteiger partial charge in [0.1, 0.15) is 31.0 Å². The summed E-state index contributed by atoms with van der Waals surface area (Å²) in [4.78, 5) is 45.5. The van der Waals surface area contributed by atoms with Gasteiger partial charge in [0, 0.05) is 19.4 Å². The van der Waals surface area contributed by atoms with Crippen molar-refractivity contribution < 1.29 is 42.4 Å². The number of hydrogen-bond acceptors (Lipinski definition) is 9. The Hall–Kier alpha value is -1.41. The largest absolute Gasteiger partial charge is 0.582 e. The van der Waals surface area contributed by atoms with Crippen molar-refractivity contribution in [2.45, 2.75) is 24.5 Å². The van der Waals surface area contributed by atoms with Crippen LogP contribution in [0.3, 0.4) is 0 Å². The Morgan fingerprint density at radius 1 is 1.48 bits per heavy atom. The molecule has 0 amide bonds. The van der Waals surface area contributed by atoms with E-state index in [-0.39, 0.29) is 0 Å². The van der Waals surface area contributed by atoms with Crippen LogP contribution in [-0.2, 0) is 32.4 Å². The summed E-state index contributed by atoms with van der Waals surface area (Å²) >= 11 is 3.66. The minimum absolute atomic E-state index is 0.615. The monoisotopic (exact) mass is 474 g/mol. The van der Waals surface area contributed by atoms with Gasteiger partial charge in [0.05, 0.1) is 6.61 Å². The number of ether oxygens (including phenoxy) is 2. The molecular weight excluding hydrogens is 456 g/mol. The molecule has 2 heterocycles. The highest BCUT2D eigenvalue weighted by atomic mass is 32.7. The standard InChI is InChI=1S/C12H17N3O11P2S/c1-23-10-9(26-27(20)29)6(5-24-28(21,22)13-4-8(17)18)25-11(10)15-3-2-7(16)14-12(15)19/h2-3,6,9-11H,4-5H2,1H3,(H4-,13,14,16,17,18,19,20,21,22,29)/p+1/t6?,9?,10?,11-/m1/s1. The predicted molar refractivity (Wildman–Crippen MR) is 98.9 cm³/mol. The van der Waals surface area contributed by atoms with Crippen molar-refractivity contribution in [2.24, 2.45) is 0 Å². The number of carboxylic acid groups (broad SMARTS) is 1. The van der Waals surface area contributed by atoms with Crippen LogP contribution in [0.5, 0.6) is 0 Å². The topological polar surface area (TPSA) is 195 Å². The van der Waals surface area contributed by atoms with E-state index in [2.05, 4.69) is 12.2 Å². The fourth-order valence-electron chi connectivity index (χ4n) is 2.56. The van der Waals surface area contributed by atoms with Gasteiger partial charge in [-0.15, -0.1) is 4.52 Å². The average molecular weight is 474 g/mol. The van der Waals surface area contributed by atoms with Crippen LogP contribution in [0.25, 0.3) is 0 Å². The van der Waals surface area contributed by atoms with Gasteiger partial charge in [0.2, 0.25) is 0 Å². The van der Waals surface area contributed by atoms with E-state index in [1.807, 2.05) is 10.1 Å². The third kappa shape index (κ3) is 6.54. The van der Waals surface area contributed by atoms with Gasteiger partial charge in [-0.05, 0) is 4.57 Å². The van der Waals surface area contributed by atoms with Crippen molar-refractivity contribution >= 4 is 33.2 Å². The maximum atomic E-state index is 12.1. The molecule has 5 unspecified atom stereocenters. The van der Waals surface area contributed by atoms with Gasteiger partial charge in [-0.3, -0.25) is 23.7 Å². The maximum Gasteiger partial charge on any atom is 0.582 e. The quantitative estimate of drug-likeness (QED) is 0.210. The first-order chi connectivity index (χ1) is 13.5. The van der Waals surface area contributed by atoms with Crippen molar-refractivity contribution in [3.05, 3.63) is 33.1 Å². The number of carboxylic acids is 1. The second-order valence-electron chi connectivity index (χ2n) is 5.64. The lowest BCUT2D eigenvalue weighted by molar-refractivity contribution is -0.135. The Morgan fingerprint density at radius 2 is 2.17 bits per heavy atom. The molecule has 2 rings (SSSR count). The Bertz CT molecular complexity index is 921. The van der Waals surface area contributed by atoms with Crippen LogP contribution in [0.2, 0.25) is 0 Å². The number of H-pyrrole nitrogens is 1. The molecule has 162 valence electrons. The van der Waals surface area contributed by atoms with E-state index < -0.39 is 69.9 Å². The first-order valence-electron chi connectivity index (χ1n) is 7.81. The summed E-state index contributed by atoms with van der Waals surface area (Å²) in [6.07, 6.45) is -3.38. The fraction of sp³-hybridized carbons (Fsp3) is 0.583. The fourth-order valence-corrected chi connectivity index (χ4v) is 4.13. The van der Waals surface area contributed by atoms with Crippen LogP contribution in [0.4, 0.5) is 0 Å². The van der Waals surface area contributed by atoms with E-state index >= 15 is 0 Å². The molecule has 1 aliphatic rings. The number of thiol groups is 1. The van der Waals surface area contributed by atoms with E-state index in [1.54, 1.807) is 0 Å². The summed E-state index contributed by atoms with van der Waals surface area (Å²) in [6, 6.07) is 1.06. The summed E-state index contributed by atoms with van der Waals surface area (Å²) in [5.41, 5.74) is -1.47. The molecule has 0 bridgehead atoms. The molecule has 14 nitrogen and oxygen atoms in total. The zero-order valence-electron chi connectivity index (χ0n) is 14.7. The number of nitrogens with one attached hydrogen (secondary N) is 2. The van der Waals surface area contributed by atoms with Crippen molar-refractivity contribution in [1.82, 2.24) is 14.6 Å². The Morgan fingerprint density at radius 3 is 2.72 bits per heavy atom. The van der Waals surface area contributed by atoms with Gasteiger partial charge in [0.25, 0.3) is 5.56 Å². The first-order valence-corrected chi connectivity index (χ1v) is 11.7. The summed E-state index contributed by atoms with van der Waals surface area (Å²) in [6.45, 7) is -1.45. The molecule has 0 radical (unpaired) electrons. The van der Waals surface area contributed by atoms with Gasteiger partial charge < -0.3 is 19.5 Å². The number of carbonyl (C=O) groups is 1. The molecule has 0 aliphatic carbocycles. The number of aliphatic carboxylic acids is 1. The van der Waals surface area contributed by atoms with Crippen LogP contribution < -0.4 is 16.3 Å². The van der Waals surface area contributed by atoms with E-state index in [1.165, 1.54) is 7.11 Å². The van der Waals surface area contributed by atoms with Crippen molar-refractivity contribution in [3.63, 3.8) is 0 Å². The minimum Gasteiger partial charge on any atom is -0.480 e. The Kier molecular flexibility index (Phi) is 8.28. The number of nitrogens with zero attached hydrogens (tertiary/aromatic N) is 1. The first kappa shape index (κ1) is 23.9. The average Bonchev–Trinajstić information content (AvgIpc) is 2.95. The van der Waals surface area contributed by atoms with E-state index in [0.29, 0.717) is 0 Å². The van der Waals surface area contributed by atoms with Gasteiger partial charge >= 0.3 is 26.6 Å². The highest BCUT2D eigenvalue weighted by molar-refractivity contribution is 8.39. The van der Waals surface area contributed by atoms with Gasteiger partial charge in [-0.2, -0.15) is 0 Å². The molecule has 1 saturated heterocycles. The number of aromatic nitrogens is 2. The Labute approximate surface area is 168 Å². The second kappa shape index (κ2) is 10.1. The van der Waals surface area contributed by atoms with Crippen molar-refractivity contribution in [2.75, 3.05) is 20.3 Å². The molecule has 1 aromatic rings. The van der Waals surface area contributed by atoms with Crippen LogP contribution >= 0.6 is 27.2 Å². The summed E-state index contributed by atoms with van der Waals surface area (Å²) in [5, 5.41) is 10.4. The second-order valence-corrected chi connectivity index (χ2v) is 8.92. The zero-order valence-corrected chi connectivity index (χ0v) is 17.4. The smallest absolute Gasteiger partial charge is 0.480 e. The lowest BCUT2D eigenvalue weighted by Gasteiger charge is -2.19. The maximum absolute atomic E-state index is 12.1. The van der Waals surface area contributed by atoms with Crippen molar-refractivity contribution in [3.8, 4) is 0 Å². The number of aromatic amines is 1. The third-order valence-electron chi connectivity index (χ3n) is 3.74. The molecule has 1 aliphatic heterocycles. The van der Waals surface area contributed by atoms with E-state index in [0.717, 1.165) is 16.8 Å². The van der Waals surface area contributed by atoms with E-state index in [9.17, 15) is 28.4 Å². The molecule has 29 heavy (non-hydrogen) atoms. The Balaban J connectivity index is 2.24. The summed E-state index contributed by atoms with van der Waals surface area (Å²) in [5.74, 6) is -1.38. The highest BCUT2D eigenvalue weighted by Crippen LogP contribution is 2.42. The van der Waals surface area contributed by atoms with Gasteiger partial charge in [0.15, 0.2) is 12.3 Å². The molecule has 0 saturated carbocycles. The number of methoxy groups -OCH3 is 1. The molecule has 0 spiro atoms. The zero-order chi connectivity index (χ0) is 21.8. The van der Waals surface area contributed by atoms with E-state index in [4.69, 9.17) is 23.6 Å². The summed E-state index contributed by atoms with van der Waals surface area (Å²) < 4.78 is 45.2. The number of hydrogen-bond donors (Lipinski definition) is 5. The van der Waals surface area contributed by atoms with Crippen LogP contribution in [-0.4, -0.2) is 64.1 Å². The van der Waals surface area contributed by atoms with Crippen LogP contribution in [0, 0.1) is 0 Å². The predicted octanol–water partition coefficient (Wildman–Crippen LogP) is -0.787. The lowest BCUT2D eigenvalue weighted by atomic mass is 10.1. The molecule has 1 aromatic heterocycles. The summed E-state index contributed by atoms with van der Waals surface area (Å²) in [7, 11) is -5.72. The van der Waals surface area contributed by atoms with Gasteiger partial charge in [-0.1, -0.05) is 0 Å². The highest BCUT2D eigenvalue weighted by Gasteiger charge is 2.51. The molecule has 6 atom stereocenters. The molecule has 1 fully saturated rings. The molecule has 0 aromatic carbocycles. The van der Waals surface area contributed by atoms with Crippen LogP contribution in [0.15, 0.2) is 21.9 Å². The van der Waals surface area contributed by atoms with Crippen molar-refractivity contribution in [1.29, 1.82) is 0 Å². The molecule has 4 N–H and O–H groups in total. The molecular formula is C12H18N3O11P2S+. The SMILES string of the molecule is COC1C(O[P+](=O)S)C(COP(=O)(O)NCC(=O)O)O[C@H]1n1ccc(=O)[nH]c1=O. The minimum atomic E-state index is -4.51. The normalized spacial score (nSPS) is 26.8. The third-order valence-corrected chi connectivity index (χ3v) is 5.50. The molecule has 17 heteroatoms. The van der Waals surface area contributed by atoms with Crippen LogP contribution in [0.1, 0.15) is 6.23 Å². The van der Waals surface area contributed by atoms with Gasteiger partial charge in [-0.25, -0.2) is 14.4 Å².